The van der Waals surface area contributed by atoms with E-state index in [1.807, 2.05) is 37.3 Å². The number of hydrogen-bond donors (Lipinski definition) is 1. The summed E-state index contributed by atoms with van der Waals surface area (Å²) in [6.07, 6.45) is 1.67. The van der Waals surface area contributed by atoms with Crippen LogP contribution in [0.15, 0.2) is 51.9 Å². The molecule has 2 aromatic carbocycles. The van der Waals surface area contributed by atoms with Crippen LogP contribution < -0.4 is 0 Å². The molecule has 86 valence electrons. The Kier molecular flexibility index (Phi) is 3.59. The number of aryl methyl sites for hydroxylation is 1. The Labute approximate surface area is 109 Å². The van der Waals surface area contributed by atoms with Crippen LogP contribution >= 0.6 is 15.9 Å². The Balaban J connectivity index is 2.29. The molecule has 0 aliphatic heterocycles. The van der Waals surface area contributed by atoms with Crippen LogP contribution in [0.25, 0.3) is 0 Å². The van der Waals surface area contributed by atoms with Crippen molar-refractivity contribution in [3.63, 3.8) is 0 Å². The van der Waals surface area contributed by atoms with Crippen molar-refractivity contribution in [2.75, 3.05) is 0 Å². The van der Waals surface area contributed by atoms with E-state index in [1.165, 1.54) is 0 Å². The second-order valence-corrected chi connectivity index (χ2v) is 4.66. The molecule has 0 aliphatic carbocycles. The summed E-state index contributed by atoms with van der Waals surface area (Å²) in [5.74, 6) is 0.242. The van der Waals surface area contributed by atoms with Gasteiger partial charge in [0.25, 0.3) is 0 Å². The lowest BCUT2D eigenvalue weighted by Crippen LogP contribution is -1.82. The summed E-state index contributed by atoms with van der Waals surface area (Å²) in [5.41, 5.74) is 2.71. The van der Waals surface area contributed by atoms with Gasteiger partial charge in [-0.25, -0.2) is 0 Å². The van der Waals surface area contributed by atoms with Crippen molar-refractivity contribution >= 4 is 27.8 Å². The number of aliphatic imine (C=N–C) groups is 1. The molecule has 0 fully saturated rings. The number of rotatable bonds is 2. The zero-order valence-electron chi connectivity index (χ0n) is 9.39. The molecular formula is C14H12BrNO. The van der Waals surface area contributed by atoms with Gasteiger partial charge < -0.3 is 5.11 Å². The second-order valence-electron chi connectivity index (χ2n) is 3.75. The van der Waals surface area contributed by atoms with E-state index in [0.29, 0.717) is 0 Å². The molecule has 0 radical (unpaired) electrons. The van der Waals surface area contributed by atoms with Crippen LogP contribution in [0.1, 0.15) is 11.1 Å². The fraction of sp³-hybridized carbons (Fsp3) is 0.0714. The van der Waals surface area contributed by atoms with Crippen molar-refractivity contribution in [1.29, 1.82) is 0 Å². The third-order valence-corrected chi connectivity index (χ3v) is 2.93. The number of para-hydroxylation sites is 1. The zero-order valence-corrected chi connectivity index (χ0v) is 11.0. The van der Waals surface area contributed by atoms with E-state index in [-0.39, 0.29) is 5.75 Å². The molecule has 0 heterocycles. The molecule has 1 N–H and O–H groups in total. The molecule has 3 heteroatoms. The number of phenols is 1. The Morgan fingerprint density at radius 1 is 1.18 bits per heavy atom. The predicted octanol–water partition coefficient (Wildman–Crippen LogP) is 4.21. The molecular weight excluding hydrogens is 278 g/mol. The molecule has 0 amide bonds. The second kappa shape index (κ2) is 5.15. The van der Waals surface area contributed by atoms with Gasteiger partial charge in [-0.2, -0.15) is 0 Å². The van der Waals surface area contributed by atoms with Crippen molar-refractivity contribution in [3.8, 4) is 5.75 Å². The van der Waals surface area contributed by atoms with Crippen molar-refractivity contribution in [3.05, 3.63) is 58.1 Å². The highest BCUT2D eigenvalue weighted by Crippen LogP contribution is 2.23. The molecule has 2 nitrogen and oxygen atoms in total. The third-order valence-electron chi connectivity index (χ3n) is 2.44. The molecule has 2 aromatic rings. The smallest absolute Gasteiger partial charge is 0.124 e. The van der Waals surface area contributed by atoms with Crippen molar-refractivity contribution < 1.29 is 5.11 Å². The maximum atomic E-state index is 9.60. The van der Waals surface area contributed by atoms with Crippen LogP contribution in [0.2, 0.25) is 0 Å². The number of hydrogen-bond acceptors (Lipinski definition) is 2. The molecule has 0 aliphatic rings. The van der Waals surface area contributed by atoms with Crippen LogP contribution in [0.5, 0.6) is 5.75 Å². The van der Waals surface area contributed by atoms with Gasteiger partial charge in [0.2, 0.25) is 0 Å². The van der Waals surface area contributed by atoms with Gasteiger partial charge in [-0.1, -0.05) is 28.1 Å². The van der Waals surface area contributed by atoms with E-state index < -0.39 is 0 Å². The highest BCUT2D eigenvalue weighted by molar-refractivity contribution is 9.10. The minimum atomic E-state index is 0.242. The van der Waals surface area contributed by atoms with Crippen LogP contribution in [0.3, 0.4) is 0 Å². The fourth-order valence-electron chi connectivity index (χ4n) is 1.50. The summed E-state index contributed by atoms with van der Waals surface area (Å²) in [5, 5.41) is 9.60. The number of benzene rings is 2. The van der Waals surface area contributed by atoms with E-state index in [0.717, 1.165) is 21.3 Å². The monoisotopic (exact) mass is 289 g/mol. The summed E-state index contributed by atoms with van der Waals surface area (Å²) in [4.78, 5) is 4.37. The molecule has 2 rings (SSSR count). The predicted molar refractivity (Wildman–Crippen MR) is 74.2 cm³/mol. The molecule has 0 aromatic heterocycles. The molecule has 0 saturated carbocycles. The summed E-state index contributed by atoms with van der Waals surface area (Å²) >= 11 is 3.41. The lowest BCUT2D eigenvalue weighted by molar-refractivity contribution is 0.474. The van der Waals surface area contributed by atoms with Gasteiger partial charge in [-0.3, -0.25) is 4.99 Å². The summed E-state index contributed by atoms with van der Waals surface area (Å²) in [6.45, 7) is 2.00. The SMILES string of the molecule is Cc1cc(Br)ccc1N=Cc1ccccc1O. The maximum Gasteiger partial charge on any atom is 0.124 e. The first kappa shape index (κ1) is 11.9. The highest BCUT2D eigenvalue weighted by atomic mass is 79.9. The standard InChI is InChI=1S/C14H12BrNO/c1-10-8-12(15)6-7-13(10)16-9-11-4-2-3-5-14(11)17/h2-9,17H,1H3. The minimum Gasteiger partial charge on any atom is -0.507 e. The lowest BCUT2D eigenvalue weighted by atomic mass is 10.2. The zero-order chi connectivity index (χ0) is 12.3. The van der Waals surface area contributed by atoms with Gasteiger partial charge in [0.05, 0.1) is 5.69 Å². The number of nitrogens with zero attached hydrogens (tertiary/aromatic N) is 1. The molecule has 0 unspecified atom stereocenters. The van der Waals surface area contributed by atoms with Crippen LogP contribution in [-0.2, 0) is 0 Å². The largest absolute Gasteiger partial charge is 0.507 e. The van der Waals surface area contributed by atoms with Crippen molar-refractivity contribution in [2.45, 2.75) is 6.92 Å². The Bertz CT molecular complexity index is 564. The Morgan fingerprint density at radius 2 is 1.94 bits per heavy atom. The molecule has 0 spiro atoms. The fourth-order valence-corrected chi connectivity index (χ4v) is 1.98. The third kappa shape index (κ3) is 2.94. The maximum absolute atomic E-state index is 9.60. The number of aromatic hydroxyl groups is 1. The Morgan fingerprint density at radius 3 is 2.65 bits per heavy atom. The first-order valence-electron chi connectivity index (χ1n) is 5.25. The van der Waals surface area contributed by atoms with Crippen molar-refractivity contribution in [2.24, 2.45) is 4.99 Å². The number of halogens is 1. The average Bonchev–Trinajstić information content (AvgIpc) is 2.30. The van der Waals surface area contributed by atoms with Gasteiger partial charge in [-0.05, 0) is 42.8 Å². The quantitative estimate of drug-likeness (QED) is 0.825. The first-order valence-corrected chi connectivity index (χ1v) is 6.04. The summed E-state index contributed by atoms with van der Waals surface area (Å²) in [6, 6.07) is 13.0. The molecule has 0 saturated heterocycles. The van der Waals surface area contributed by atoms with E-state index in [4.69, 9.17) is 0 Å². The highest BCUT2D eigenvalue weighted by Gasteiger charge is 1.98. The van der Waals surface area contributed by atoms with Gasteiger partial charge in [0, 0.05) is 16.3 Å². The molecule has 0 bridgehead atoms. The topological polar surface area (TPSA) is 32.6 Å². The van der Waals surface area contributed by atoms with Gasteiger partial charge in [0.1, 0.15) is 5.75 Å². The Hall–Kier alpha value is -1.61. The summed E-state index contributed by atoms with van der Waals surface area (Å²) < 4.78 is 1.04. The van der Waals surface area contributed by atoms with Gasteiger partial charge >= 0.3 is 0 Å². The van der Waals surface area contributed by atoms with E-state index in [9.17, 15) is 5.11 Å². The molecule has 0 atom stereocenters. The van der Waals surface area contributed by atoms with E-state index in [2.05, 4.69) is 20.9 Å². The molecule has 17 heavy (non-hydrogen) atoms. The van der Waals surface area contributed by atoms with Gasteiger partial charge in [0.15, 0.2) is 0 Å². The summed E-state index contributed by atoms with van der Waals surface area (Å²) in [7, 11) is 0. The van der Waals surface area contributed by atoms with Crippen LogP contribution in [0, 0.1) is 6.92 Å². The van der Waals surface area contributed by atoms with E-state index >= 15 is 0 Å². The van der Waals surface area contributed by atoms with Crippen LogP contribution in [-0.4, -0.2) is 11.3 Å². The normalized spacial score (nSPS) is 10.9. The first-order chi connectivity index (χ1) is 8.16. The van der Waals surface area contributed by atoms with Crippen LogP contribution in [0.4, 0.5) is 5.69 Å². The van der Waals surface area contributed by atoms with Crippen molar-refractivity contribution in [1.82, 2.24) is 0 Å². The van der Waals surface area contributed by atoms with Gasteiger partial charge in [-0.15, -0.1) is 0 Å². The number of phenolic OH excluding ortho intramolecular Hbond substituents is 1. The lowest BCUT2D eigenvalue weighted by Gasteiger charge is -2.01. The minimum absolute atomic E-state index is 0.242. The average molecular weight is 290 g/mol. The van der Waals surface area contributed by atoms with E-state index in [1.54, 1.807) is 18.3 Å².